The Bertz CT molecular complexity index is 178. The van der Waals surface area contributed by atoms with Crippen LogP contribution in [0.4, 0.5) is 0 Å². The van der Waals surface area contributed by atoms with Crippen LogP contribution in [0.3, 0.4) is 0 Å². The summed E-state index contributed by atoms with van der Waals surface area (Å²) in [5.74, 6) is -0.112. The maximum Gasteiger partial charge on any atom is 0.223 e. The average Bonchev–Trinajstić information content (AvgIpc) is 2.28. The molecular formula is C11H23NO3. The molecule has 90 valence electrons. The van der Waals surface area contributed by atoms with E-state index in [9.17, 15) is 15.0 Å². The monoisotopic (exact) mass is 217 g/mol. The predicted octanol–water partition coefficient (Wildman–Crippen LogP) is 0.672. The normalized spacial score (nSPS) is 11.9. The zero-order valence-electron chi connectivity index (χ0n) is 9.92. The number of carbonyl (C=O) groups excluding carboxylic acids is 1. The van der Waals surface area contributed by atoms with Crippen LogP contribution in [0.5, 0.6) is 0 Å². The molecule has 0 radical (unpaired) electrons. The molecule has 0 unspecified atom stereocenters. The van der Waals surface area contributed by atoms with Crippen molar-refractivity contribution in [2.45, 2.75) is 45.6 Å². The van der Waals surface area contributed by atoms with Crippen molar-refractivity contribution in [3.8, 4) is 0 Å². The number of aliphatic hydroxyl groups excluding tert-OH is 2. The summed E-state index contributed by atoms with van der Waals surface area (Å²) >= 11 is 0. The molecule has 0 aliphatic rings. The fourth-order valence-corrected chi connectivity index (χ4v) is 1.46. The molecule has 0 aromatic carbocycles. The van der Waals surface area contributed by atoms with Crippen molar-refractivity contribution in [1.29, 1.82) is 0 Å². The van der Waals surface area contributed by atoms with E-state index < -0.39 is 5.54 Å². The maximum absolute atomic E-state index is 11.8. The van der Waals surface area contributed by atoms with E-state index in [2.05, 4.69) is 5.32 Å². The second-order valence-electron chi connectivity index (χ2n) is 3.95. The number of nitrogens with one attached hydrogen (secondary N) is 1. The first-order chi connectivity index (χ1) is 7.09. The minimum absolute atomic E-state index is 0.0333. The molecule has 0 spiro atoms. The van der Waals surface area contributed by atoms with E-state index in [0.717, 1.165) is 12.8 Å². The molecule has 4 nitrogen and oxygen atoms in total. The van der Waals surface area contributed by atoms with Crippen LogP contribution in [0.25, 0.3) is 0 Å². The van der Waals surface area contributed by atoms with Gasteiger partial charge in [-0.15, -0.1) is 0 Å². The molecule has 4 heteroatoms. The van der Waals surface area contributed by atoms with Gasteiger partial charge in [0.25, 0.3) is 0 Å². The van der Waals surface area contributed by atoms with Crippen LogP contribution in [0.2, 0.25) is 0 Å². The molecule has 0 atom stereocenters. The molecule has 0 aromatic rings. The number of aliphatic hydroxyl groups is 2. The molecule has 0 saturated heterocycles. The van der Waals surface area contributed by atoms with Crippen molar-refractivity contribution >= 4 is 5.91 Å². The van der Waals surface area contributed by atoms with Crippen LogP contribution in [0.1, 0.15) is 40.0 Å². The summed E-state index contributed by atoms with van der Waals surface area (Å²) in [6.07, 6.45) is 2.07. The second-order valence-corrected chi connectivity index (χ2v) is 3.95. The van der Waals surface area contributed by atoms with Gasteiger partial charge in [0, 0.05) is 5.92 Å². The molecule has 1 amide bonds. The van der Waals surface area contributed by atoms with Crippen LogP contribution in [0, 0.1) is 5.92 Å². The summed E-state index contributed by atoms with van der Waals surface area (Å²) in [7, 11) is 0. The van der Waals surface area contributed by atoms with E-state index in [-0.39, 0.29) is 25.0 Å². The lowest BCUT2D eigenvalue weighted by molar-refractivity contribution is -0.128. The van der Waals surface area contributed by atoms with Crippen molar-refractivity contribution in [1.82, 2.24) is 5.32 Å². The lowest BCUT2D eigenvalue weighted by atomic mass is 9.95. The van der Waals surface area contributed by atoms with Gasteiger partial charge in [-0.1, -0.05) is 20.8 Å². The van der Waals surface area contributed by atoms with Gasteiger partial charge < -0.3 is 15.5 Å². The molecule has 0 bridgehead atoms. The molecule has 3 N–H and O–H groups in total. The molecule has 0 fully saturated rings. The van der Waals surface area contributed by atoms with Crippen molar-refractivity contribution < 1.29 is 15.0 Å². The Morgan fingerprint density at radius 1 is 1.20 bits per heavy atom. The SMILES string of the molecule is CCC(CC)C(=O)NC(CC)(CO)CO. The lowest BCUT2D eigenvalue weighted by Crippen LogP contribution is -2.55. The third-order valence-electron chi connectivity index (χ3n) is 3.03. The van der Waals surface area contributed by atoms with Gasteiger partial charge in [-0.05, 0) is 19.3 Å². The fourth-order valence-electron chi connectivity index (χ4n) is 1.46. The minimum atomic E-state index is -0.861. The molecule has 0 aliphatic heterocycles. The molecule has 0 heterocycles. The first kappa shape index (κ1) is 14.4. The summed E-state index contributed by atoms with van der Waals surface area (Å²) in [5.41, 5.74) is -0.861. The minimum Gasteiger partial charge on any atom is -0.394 e. The molecule has 0 saturated carbocycles. The largest absolute Gasteiger partial charge is 0.394 e. The Labute approximate surface area is 91.7 Å². The van der Waals surface area contributed by atoms with Gasteiger partial charge in [-0.2, -0.15) is 0 Å². The number of amides is 1. The summed E-state index contributed by atoms with van der Waals surface area (Å²) in [6, 6.07) is 0. The van der Waals surface area contributed by atoms with Gasteiger partial charge in [-0.3, -0.25) is 4.79 Å². The van der Waals surface area contributed by atoms with Crippen LogP contribution >= 0.6 is 0 Å². The highest BCUT2D eigenvalue weighted by Crippen LogP contribution is 2.13. The Morgan fingerprint density at radius 2 is 1.67 bits per heavy atom. The van der Waals surface area contributed by atoms with Gasteiger partial charge in [0.05, 0.1) is 18.8 Å². The number of carbonyl (C=O) groups is 1. The smallest absolute Gasteiger partial charge is 0.223 e. The van der Waals surface area contributed by atoms with Gasteiger partial charge in [0.1, 0.15) is 0 Å². The first-order valence-corrected chi connectivity index (χ1v) is 5.62. The Morgan fingerprint density at radius 3 is 1.93 bits per heavy atom. The highest BCUT2D eigenvalue weighted by molar-refractivity contribution is 5.79. The van der Waals surface area contributed by atoms with E-state index in [1.807, 2.05) is 20.8 Å². The zero-order chi connectivity index (χ0) is 11.9. The van der Waals surface area contributed by atoms with Crippen molar-refractivity contribution in [3.63, 3.8) is 0 Å². The molecule has 0 aliphatic carbocycles. The van der Waals surface area contributed by atoms with E-state index in [4.69, 9.17) is 0 Å². The summed E-state index contributed by atoms with van der Waals surface area (Å²) in [6.45, 7) is 5.29. The van der Waals surface area contributed by atoms with Crippen LogP contribution in [-0.4, -0.2) is 34.9 Å². The highest BCUT2D eigenvalue weighted by atomic mass is 16.3. The van der Waals surface area contributed by atoms with Crippen LogP contribution in [-0.2, 0) is 4.79 Å². The Balaban J connectivity index is 4.46. The van der Waals surface area contributed by atoms with E-state index in [1.165, 1.54) is 0 Å². The fraction of sp³-hybridized carbons (Fsp3) is 0.909. The first-order valence-electron chi connectivity index (χ1n) is 5.62. The predicted molar refractivity (Wildman–Crippen MR) is 59.4 cm³/mol. The average molecular weight is 217 g/mol. The quantitative estimate of drug-likeness (QED) is 0.587. The Hall–Kier alpha value is -0.610. The van der Waals surface area contributed by atoms with Crippen molar-refractivity contribution in [3.05, 3.63) is 0 Å². The standard InChI is InChI=1S/C11H23NO3/c1-4-9(5-2)10(15)12-11(6-3,7-13)8-14/h9,13-14H,4-8H2,1-3H3,(H,12,15). The van der Waals surface area contributed by atoms with E-state index in [0.29, 0.717) is 6.42 Å². The maximum atomic E-state index is 11.8. The second kappa shape index (κ2) is 6.80. The zero-order valence-corrected chi connectivity index (χ0v) is 9.92. The number of rotatable bonds is 7. The van der Waals surface area contributed by atoms with Crippen molar-refractivity contribution in [2.75, 3.05) is 13.2 Å². The van der Waals surface area contributed by atoms with Crippen LogP contribution < -0.4 is 5.32 Å². The highest BCUT2D eigenvalue weighted by Gasteiger charge is 2.30. The van der Waals surface area contributed by atoms with Crippen LogP contribution in [0.15, 0.2) is 0 Å². The van der Waals surface area contributed by atoms with E-state index >= 15 is 0 Å². The number of hydrogen-bond acceptors (Lipinski definition) is 3. The number of hydrogen-bond donors (Lipinski definition) is 3. The third kappa shape index (κ3) is 3.80. The van der Waals surface area contributed by atoms with Gasteiger partial charge >= 0.3 is 0 Å². The summed E-state index contributed by atoms with van der Waals surface area (Å²) in [4.78, 5) is 11.8. The van der Waals surface area contributed by atoms with Crippen molar-refractivity contribution in [2.24, 2.45) is 5.92 Å². The molecule has 15 heavy (non-hydrogen) atoms. The lowest BCUT2D eigenvalue weighted by Gasteiger charge is -2.31. The molecule has 0 aromatic heterocycles. The summed E-state index contributed by atoms with van der Waals surface area (Å²) in [5, 5.41) is 21.1. The van der Waals surface area contributed by atoms with Gasteiger partial charge in [0.15, 0.2) is 0 Å². The molecular weight excluding hydrogens is 194 g/mol. The third-order valence-corrected chi connectivity index (χ3v) is 3.03. The Kier molecular flexibility index (Phi) is 6.52. The van der Waals surface area contributed by atoms with Gasteiger partial charge in [0.2, 0.25) is 5.91 Å². The molecule has 0 rings (SSSR count). The topological polar surface area (TPSA) is 69.6 Å². The van der Waals surface area contributed by atoms with E-state index in [1.54, 1.807) is 0 Å². The summed E-state index contributed by atoms with van der Waals surface area (Å²) < 4.78 is 0. The van der Waals surface area contributed by atoms with Gasteiger partial charge in [-0.25, -0.2) is 0 Å².